The number of ether oxygens (including phenoxy) is 1. The number of anilines is 1. The Morgan fingerprint density at radius 2 is 1.97 bits per heavy atom. The van der Waals surface area contributed by atoms with E-state index in [1.54, 1.807) is 24.0 Å². The van der Waals surface area contributed by atoms with Crippen LogP contribution in [0.1, 0.15) is 30.5 Å². The van der Waals surface area contributed by atoms with E-state index in [1.165, 1.54) is 0 Å². The molecular weight excluding hydrogens is 472 g/mol. The summed E-state index contributed by atoms with van der Waals surface area (Å²) in [5.74, 6) is -1.70. The Labute approximate surface area is 188 Å². The molecule has 1 heterocycles. The second kappa shape index (κ2) is 9.62. The van der Waals surface area contributed by atoms with E-state index in [0.29, 0.717) is 16.3 Å². The lowest BCUT2D eigenvalue weighted by Gasteiger charge is -2.25. The number of nitrogens with zero attached hydrogens (tertiary/aromatic N) is 1. The van der Waals surface area contributed by atoms with Gasteiger partial charge in [-0.05, 0) is 53.0 Å². The van der Waals surface area contributed by atoms with Gasteiger partial charge in [0.15, 0.2) is 6.61 Å². The largest absolute Gasteiger partial charge is 0.455 e. The maximum atomic E-state index is 12.4. The number of hydrogen-bond donors (Lipinski definition) is 1. The molecule has 30 heavy (non-hydrogen) atoms. The summed E-state index contributed by atoms with van der Waals surface area (Å²) in [6.45, 7) is 3.56. The number of likely N-dealkylation sites (tertiary alicyclic amines) is 1. The highest BCUT2D eigenvalue weighted by atomic mass is 79.9. The first kappa shape index (κ1) is 22.3. The van der Waals surface area contributed by atoms with E-state index in [9.17, 15) is 14.4 Å². The van der Waals surface area contributed by atoms with Gasteiger partial charge in [-0.25, -0.2) is 0 Å². The fraction of sp³-hybridized carbons (Fsp3) is 0.318. The second-order valence-electron chi connectivity index (χ2n) is 7.22. The first-order valence-corrected chi connectivity index (χ1v) is 10.7. The maximum Gasteiger partial charge on any atom is 0.311 e. The molecule has 0 bridgehead atoms. The Balaban J connectivity index is 1.53. The van der Waals surface area contributed by atoms with Crippen molar-refractivity contribution in [1.29, 1.82) is 0 Å². The number of carbonyl (C=O) groups is 3. The number of nitrogens with one attached hydrogen (secondary N) is 1. The summed E-state index contributed by atoms with van der Waals surface area (Å²) in [6.07, 6.45) is 0.0824. The summed E-state index contributed by atoms with van der Waals surface area (Å²) in [7, 11) is 0. The topological polar surface area (TPSA) is 75.7 Å². The predicted molar refractivity (Wildman–Crippen MR) is 118 cm³/mol. The minimum atomic E-state index is -0.583. The zero-order valence-corrected chi connectivity index (χ0v) is 19.0. The fourth-order valence-corrected chi connectivity index (χ4v) is 4.00. The average molecular weight is 494 g/mol. The number of hydrogen-bond acceptors (Lipinski definition) is 4. The summed E-state index contributed by atoms with van der Waals surface area (Å²) in [5, 5.41) is 3.18. The van der Waals surface area contributed by atoms with Crippen LogP contribution in [-0.4, -0.2) is 35.8 Å². The monoisotopic (exact) mass is 492 g/mol. The van der Waals surface area contributed by atoms with Crippen molar-refractivity contribution in [2.75, 3.05) is 18.5 Å². The van der Waals surface area contributed by atoms with E-state index >= 15 is 0 Å². The van der Waals surface area contributed by atoms with Gasteiger partial charge in [-0.15, -0.1) is 0 Å². The molecule has 8 heteroatoms. The van der Waals surface area contributed by atoms with Crippen molar-refractivity contribution in [3.8, 4) is 0 Å². The standard InChI is InChI=1S/C22H22BrClN2O4/c1-13-18(9-8-17(23)21(13)24)25-19(27)12-30-22(29)16-10-20(28)26(11-16)14(2)15-6-4-3-5-7-15/h3-9,14,16H,10-12H2,1-2H3,(H,25,27)/t14-,16-/m1/s1. The van der Waals surface area contributed by atoms with Crippen LogP contribution in [0.3, 0.4) is 0 Å². The number of carbonyl (C=O) groups excluding carboxylic acids is 3. The van der Waals surface area contributed by atoms with Crippen LogP contribution in [0, 0.1) is 12.8 Å². The number of rotatable bonds is 6. The Hall–Kier alpha value is -2.38. The van der Waals surface area contributed by atoms with Gasteiger partial charge in [0.05, 0.1) is 17.0 Å². The van der Waals surface area contributed by atoms with Crippen LogP contribution in [0.25, 0.3) is 0 Å². The third-order valence-corrected chi connectivity index (χ3v) is 6.58. The van der Waals surface area contributed by atoms with Gasteiger partial charge < -0.3 is 15.0 Å². The number of benzene rings is 2. The molecule has 0 radical (unpaired) electrons. The molecule has 0 saturated carbocycles. The van der Waals surface area contributed by atoms with Crippen LogP contribution in [0.5, 0.6) is 0 Å². The zero-order valence-electron chi connectivity index (χ0n) is 16.7. The average Bonchev–Trinajstić information content (AvgIpc) is 3.14. The number of amides is 2. The van der Waals surface area contributed by atoms with Crippen molar-refractivity contribution >= 4 is 51.0 Å². The van der Waals surface area contributed by atoms with Gasteiger partial charge in [0.1, 0.15) is 0 Å². The normalized spacial score (nSPS) is 17.0. The van der Waals surface area contributed by atoms with E-state index in [0.717, 1.165) is 10.0 Å². The van der Waals surface area contributed by atoms with Crippen LogP contribution >= 0.6 is 27.5 Å². The molecule has 0 spiro atoms. The lowest BCUT2D eigenvalue weighted by Crippen LogP contribution is -2.30. The predicted octanol–water partition coefficient (Wildman–Crippen LogP) is 4.50. The van der Waals surface area contributed by atoms with Crippen LogP contribution in [0.2, 0.25) is 5.02 Å². The van der Waals surface area contributed by atoms with E-state index < -0.39 is 24.4 Å². The number of halogens is 2. The molecule has 0 unspecified atom stereocenters. The Morgan fingerprint density at radius 3 is 2.67 bits per heavy atom. The SMILES string of the molecule is Cc1c(NC(=O)COC(=O)[C@@H]2CC(=O)N([C@H](C)c3ccccc3)C2)ccc(Br)c1Cl. The third-order valence-electron chi connectivity index (χ3n) is 5.20. The van der Waals surface area contributed by atoms with Gasteiger partial charge >= 0.3 is 5.97 Å². The van der Waals surface area contributed by atoms with Gasteiger partial charge in [-0.1, -0.05) is 41.9 Å². The molecule has 1 aliphatic heterocycles. The minimum absolute atomic E-state index is 0.0824. The van der Waals surface area contributed by atoms with Gasteiger partial charge in [0, 0.05) is 23.1 Å². The van der Waals surface area contributed by atoms with Gasteiger partial charge in [0.25, 0.3) is 5.91 Å². The molecule has 0 aromatic heterocycles. The van der Waals surface area contributed by atoms with Crippen molar-refractivity contribution < 1.29 is 19.1 Å². The molecule has 2 aromatic rings. The quantitative estimate of drug-likeness (QED) is 0.601. The van der Waals surface area contributed by atoms with Crippen molar-refractivity contribution in [1.82, 2.24) is 4.90 Å². The third kappa shape index (κ3) is 5.02. The molecule has 1 aliphatic rings. The molecular formula is C22H22BrClN2O4. The van der Waals surface area contributed by atoms with E-state index in [1.807, 2.05) is 37.3 Å². The van der Waals surface area contributed by atoms with Gasteiger partial charge in [-0.2, -0.15) is 0 Å². The Bertz CT molecular complexity index is 967. The molecule has 158 valence electrons. The van der Waals surface area contributed by atoms with E-state index in [4.69, 9.17) is 16.3 Å². The fourth-order valence-electron chi connectivity index (χ4n) is 3.40. The first-order valence-electron chi connectivity index (χ1n) is 9.53. The summed E-state index contributed by atoms with van der Waals surface area (Å²) in [6, 6.07) is 12.9. The molecule has 2 amide bonds. The molecule has 1 fully saturated rings. The minimum Gasteiger partial charge on any atom is -0.455 e. The highest BCUT2D eigenvalue weighted by Crippen LogP contribution is 2.31. The smallest absolute Gasteiger partial charge is 0.311 e. The van der Waals surface area contributed by atoms with Crippen molar-refractivity contribution in [2.45, 2.75) is 26.3 Å². The van der Waals surface area contributed by atoms with Crippen molar-refractivity contribution in [2.24, 2.45) is 5.92 Å². The molecule has 1 N–H and O–H groups in total. The molecule has 1 saturated heterocycles. The molecule has 6 nitrogen and oxygen atoms in total. The first-order chi connectivity index (χ1) is 14.3. The molecule has 2 aromatic carbocycles. The Morgan fingerprint density at radius 1 is 1.27 bits per heavy atom. The summed E-state index contributed by atoms with van der Waals surface area (Å²) in [5.41, 5.74) is 2.25. The van der Waals surface area contributed by atoms with Gasteiger partial charge in [0.2, 0.25) is 5.91 Å². The highest BCUT2D eigenvalue weighted by molar-refractivity contribution is 9.10. The maximum absolute atomic E-state index is 12.4. The van der Waals surface area contributed by atoms with Crippen molar-refractivity contribution in [3.63, 3.8) is 0 Å². The second-order valence-corrected chi connectivity index (χ2v) is 8.46. The van der Waals surface area contributed by atoms with Crippen LogP contribution in [0.15, 0.2) is 46.9 Å². The highest BCUT2D eigenvalue weighted by Gasteiger charge is 2.38. The van der Waals surface area contributed by atoms with E-state index in [2.05, 4.69) is 21.2 Å². The van der Waals surface area contributed by atoms with Gasteiger partial charge in [-0.3, -0.25) is 14.4 Å². The van der Waals surface area contributed by atoms with Crippen LogP contribution in [0.4, 0.5) is 5.69 Å². The lowest BCUT2D eigenvalue weighted by atomic mass is 10.1. The molecule has 0 aliphatic carbocycles. The van der Waals surface area contributed by atoms with Crippen LogP contribution < -0.4 is 5.32 Å². The summed E-state index contributed by atoms with van der Waals surface area (Å²) < 4.78 is 5.89. The van der Waals surface area contributed by atoms with Crippen LogP contribution in [-0.2, 0) is 19.1 Å². The molecule has 3 rings (SSSR count). The number of esters is 1. The summed E-state index contributed by atoms with van der Waals surface area (Å²) in [4.78, 5) is 38.7. The zero-order chi connectivity index (χ0) is 21.8. The molecule has 2 atom stereocenters. The lowest BCUT2D eigenvalue weighted by molar-refractivity contribution is -0.151. The van der Waals surface area contributed by atoms with E-state index in [-0.39, 0.29) is 24.9 Å². The van der Waals surface area contributed by atoms with Crippen molar-refractivity contribution in [3.05, 3.63) is 63.1 Å². The summed E-state index contributed by atoms with van der Waals surface area (Å²) >= 11 is 9.48. The Kier molecular flexibility index (Phi) is 7.15.